The van der Waals surface area contributed by atoms with Gasteiger partial charge in [0.05, 0.1) is 20.3 Å². The molecule has 4 saturated carbocycles. The molecule has 1 saturated heterocycles. The molecule has 0 amide bonds. The number of ether oxygens (including phenoxy) is 2. The molecule has 0 radical (unpaired) electrons. The largest absolute Gasteiger partial charge is 1.00 e. The minimum absolute atomic E-state index is 0. The summed E-state index contributed by atoms with van der Waals surface area (Å²) < 4.78 is 12.3. The predicted octanol–water partition coefficient (Wildman–Crippen LogP) is 0.375. The van der Waals surface area contributed by atoms with Gasteiger partial charge in [0.25, 0.3) is 0 Å². The van der Waals surface area contributed by atoms with E-state index in [0.29, 0.717) is 12.0 Å². The van der Waals surface area contributed by atoms with Crippen molar-refractivity contribution < 1.29 is 43.0 Å². The van der Waals surface area contributed by atoms with E-state index in [9.17, 15) is 5.11 Å². The predicted molar refractivity (Wildman–Crippen MR) is 109 cm³/mol. The van der Waals surface area contributed by atoms with Gasteiger partial charge >= 0.3 is 0 Å². The van der Waals surface area contributed by atoms with Crippen molar-refractivity contribution in [1.82, 2.24) is 0 Å². The van der Waals surface area contributed by atoms with Crippen molar-refractivity contribution in [1.29, 1.82) is 0 Å². The van der Waals surface area contributed by atoms with Crippen LogP contribution in [0.15, 0.2) is 24.3 Å². The fourth-order valence-electron chi connectivity index (χ4n) is 7.09. The lowest BCUT2D eigenvalue weighted by molar-refractivity contribution is -0.919. The van der Waals surface area contributed by atoms with Gasteiger partial charge < -0.3 is 43.0 Å². The molecule has 4 aliphatic carbocycles. The van der Waals surface area contributed by atoms with Gasteiger partial charge in [0, 0.05) is 0 Å². The standard InChI is InChI=1S/C24H36NO3.HI/c1-25(6-8-27-9-7-25)16-22(26)17-28-23-4-2-21(3-5-23)24-13-18-10-19(14-24)12-20(11-18)15-24;/h2-5,18-20,22,26H,6-17H2,1H3;1H/q+1;/p-1. The van der Waals surface area contributed by atoms with E-state index in [1.54, 1.807) is 0 Å². The molecule has 0 aromatic heterocycles. The third-order valence-corrected chi connectivity index (χ3v) is 8.15. The highest BCUT2D eigenvalue weighted by Gasteiger charge is 2.51. The molecule has 1 unspecified atom stereocenters. The Kier molecular flexibility index (Phi) is 6.51. The molecule has 5 aliphatic rings. The van der Waals surface area contributed by atoms with Gasteiger partial charge in [-0.15, -0.1) is 0 Å². The Bertz CT molecular complexity index is 651. The second kappa shape index (κ2) is 8.64. The molecule has 5 heteroatoms. The molecule has 29 heavy (non-hydrogen) atoms. The second-order valence-corrected chi connectivity index (χ2v) is 10.5. The van der Waals surface area contributed by atoms with Gasteiger partial charge in [0.15, 0.2) is 0 Å². The Hall–Kier alpha value is -0.370. The number of aliphatic hydroxyl groups is 1. The lowest BCUT2D eigenvalue weighted by Crippen LogP contribution is -3.00. The van der Waals surface area contributed by atoms with Crippen LogP contribution in [-0.4, -0.2) is 62.2 Å². The SMILES string of the molecule is C[N+]1(CC(O)COc2ccc(C34CC5CC(CC(C5)C3)C4)cc2)CCOCC1.[I-]. The maximum absolute atomic E-state index is 10.5. The van der Waals surface area contributed by atoms with Gasteiger partial charge in [0.1, 0.15) is 38.1 Å². The third-order valence-electron chi connectivity index (χ3n) is 8.15. The van der Waals surface area contributed by atoms with E-state index in [2.05, 4.69) is 31.3 Å². The molecule has 1 N–H and O–H groups in total. The van der Waals surface area contributed by atoms with E-state index in [-0.39, 0.29) is 24.0 Å². The van der Waals surface area contributed by atoms with Gasteiger partial charge in [-0.05, 0) is 79.4 Å². The third kappa shape index (κ3) is 4.63. The smallest absolute Gasteiger partial charge is 0.137 e. The van der Waals surface area contributed by atoms with E-state index in [1.165, 1.54) is 44.1 Å². The van der Waals surface area contributed by atoms with Crippen LogP contribution in [0.3, 0.4) is 0 Å². The number of halogens is 1. The van der Waals surface area contributed by atoms with Crippen LogP contribution in [0.1, 0.15) is 44.1 Å². The maximum atomic E-state index is 10.5. The van der Waals surface area contributed by atoms with Crippen LogP contribution in [0, 0.1) is 17.8 Å². The fourth-order valence-corrected chi connectivity index (χ4v) is 7.09. The zero-order chi connectivity index (χ0) is 19.2. The van der Waals surface area contributed by atoms with Crippen molar-refractivity contribution in [2.75, 3.05) is 46.5 Å². The molecule has 1 aromatic carbocycles. The van der Waals surface area contributed by atoms with Crippen molar-refractivity contribution in [2.24, 2.45) is 17.8 Å². The molecule has 5 fully saturated rings. The zero-order valence-electron chi connectivity index (χ0n) is 17.7. The highest BCUT2D eigenvalue weighted by atomic mass is 127. The molecule has 1 heterocycles. The molecule has 162 valence electrons. The van der Waals surface area contributed by atoms with Crippen molar-refractivity contribution in [3.63, 3.8) is 0 Å². The second-order valence-electron chi connectivity index (χ2n) is 10.5. The fraction of sp³-hybridized carbons (Fsp3) is 0.750. The van der Waals surface area contributed by atoms with Gasteiger partial charge in [-0.2, -0.15) is 0 Å². The lowest BCUT2D eigenvalue weighted by Gasteiger charge is -2.57. The summed E-state index contributed by atoms with van der Waals surface area (Å²) in [6.45, 7) is 4.61. The number of aliphatic hydroxyl groups excluding tert-OH is 1. The first-order valence-electron chi connectivity index (χ1n) is 11.3. The number of hydrogen-bond donors (Lipinski definition) is 1. The number of hydrogen-bond acceptors (Lipinski definition) is 3. The number of benzene rings is 1. The molecule has 4 bridgehead atoms. The highest BCUT2D eigenvalue weighted by Crippen LogP contribution is 2.60. The van der Waals surface area contributed by atoms with Crippen molar-refractivity contribution in [3.05, 3.63) is 29.8 Å². The van der Waals surface area contributed by atoms with Crippen LogP contribution >= 0.6 is 0 Å². The molecular weight excluding hydrogens is 477 g/mol. The minimum atomic E-state index is -0.439. The normalized spacial score (nSPS) is 35.7. The highest BCUT2D eigenvalue weighted by molar-refractivity contribution is 5.34. The van der Waals surface area contributed by atoms with E-state index in [0.717, 1.165) is 60.8 Å². The number of morpholine rings is 1. The van der Waals surface area contributed by atoms with Crippen molar-refractivity contribution >= 4 is 0 Å². The monoisotopic (exact) mass is 513 g/mol. The van der Waals surface area contributed by atoms with Crippen LogP contribution in [-0.2, 0) is 10.2 Å². The van der Waals surface area contributed by atoms with E-state index < -0.39 is 6.10 Å². The lowest BCUT2D eigenvalue weighted by atomic mass is 9.48. The van der Waals surface area contributed by atoms with E-state index in [1.807, 2.05) is 0 Å². The maximum Gasteiger partial charge on any atom is 0.137 e. The Morgan fingerprint density at radius 1 is 1.03 bits per heavy atom. The molecule has 4 nitrogen and oxygen atoms in total. The Morgan fingerprint density at radius 2 is 1.59 bits per heavy atom. The molecular formula is C24H36INO3. The number of rotatable bonds is 6. The summed E-state index contributed by atoms with van der Waals surface area (Å²) in [6.07, 6.45) is 8.23. The van der Waals surface area contributed by atoms with E-state index >= 15 is 0 Å². The average molecular weight is 513 g/mol. The summed E-state index contributed by atoms with van der Waals surface area (Å²) in [5.74, 6) is 3.81. The zero-order valence-corrected chi connectivity index (χ0v) is 19.9. The van der Waals surface area contributed by atoms with Crippen LogP contribution < -0.4 is 28.7 Å². The Labute approximate surface area is 192 Å². The van der Waals surface area contributed by atoms with E-state index in [4.69, 9.17) is 9.47 Å². The quantitative estimate of drug-likeness (QED) is 0.442. The summed E-state index contributed by atoms with van der Waals surface area (Å²) in [5, 5.41) is 10.5. The minimum Gasteiger partial charge on any atom is -1.00 e. The first kappa shape index (κ1) is 21.8. The summed E-state index contributed by atoms with van der Waals surface area (Å²) in [5.41, 5.74) is 1.98. The Balaban J connectivity index is 0.00000205. The van der Waals surface area contributed by atoms with Crippen LogP contribution in [0.2, 0.25) is 0 Å². The van der Waals surface area contributed by atoms with Gasteiger partial charge in [-0.25, -0.2) is 0 Å². The summed E-state index contributed by atoms with van der Waals surface area (Å²) >= 11 is 0. The van der Waals surface area contributed by atoms with Crippen LogP contribution in [0.25, 0.3) is 0 Å². The first-order valence-corrected chi connectivity index (χ1v) is 11.3. The van der Waals surface area contributed by atoms with Crippen molar-refractivity contribution in [3.8, 4) is 5.75 Å². The molecule has 1 aliphatic heterocycles. The van der Waals surface area contributed by atoms with Gasteiger partial charge in [-0.3, -0.25) is 0 Å². The van der Waals surface area contributed by atoms with Crippen LogP contribution in [0.5, 0.6) is 5.75 Å². The van der Waals surface area contributed by atoms with Gasteiger partial charge in [-0.1, -0.05) is 12.1 Å². The molecule has 6 rings (SSSR count). The molecule has 0 spiro atoms. The molecule has 1 aromatic rings. The summed E-state index contributed by atoms with van der Waals surface area (Å²) in [7, 11) is 2.20. The number of quaternary nitrogens is 1. The van der Waals surface area contributed by atoms with Crippen LogP contribution in [0.4, 0.5) is 0 Å². The van der Waals surface area contributed by atoms with Crippen molar-refractivity contribution in [2.45, 2.75) is 50.0 Å². The summed E-state index contributed by atoms with van der Waals surface area (Å²) in [4.78, 5) is 0. The number of nitrogens with zero attached hydrogens (tertiary/aromatic N) is 1. The topological polar surface area (TPSA) is 38.7 Å². The van der Waals surface area contributed by atoms with Gasteiger partial charge in [0.2, 0.25) is 0 Å². The summed E-state index contributed by atoms with van der Waals surface area (Å²) in [6, 6.07) is 8.88. The molecule has 1 atom stereocenters. The first-order chi connectivity index (χ1) is 13.5. The Morgan fingerprint density at radius 3 is 2.14 bits per heavy atom. The number of likely N-dealkylation sites (N-methyl/N-ethyl adjacent to an activating group) is 1. The average Bonchev–Trinajstić information content (AvgIpc) is 2.66.